The van der Waals surface area contributed by atoms with Gasteiger partial charge >= 0.3 is 0 Å². The van der Waals surface area contributed by atoms with Crippen molar-refractivity contribution in [2.75, 3.05) is 11.9 Å². The van der Waals surface area contributed by atoms with Crippen molar-refractivity contribution in [1.29, 1.82) is 0 Å². The van der Waals surface area contributed by atoms with Gasteiger partial charge in [-0.05, 0) is 37.6 Å². The number of nitrogens with one attached hydrogen (secondary N) is 1. The number of thioether (sulfide) groups is 1. The van der Waals surface area contributed by atoms with Gasteiger partial charge in [0.15, 0.2) is 10.1 Å². The third-order valence-electron chi connectivity index (χ3n) is 2.71. The molecule has 0 spiro atoms. The lowest BCUT2D eigenvalue weighted by molar-refractivity contribution is 0.0994. The monoisotopic (exact) mass is 325 g/mol. The highest BCUT2D eigenvalue weighted by molar-refractivity contribution is 8.02. The van der Waals surface area contributed by atoms with Crippen LogP contribution in [-0.4, -0.2) is 27.8 Å². The van der Waals surface area contributed by atoms with Crippen LogP contribution in [-0.2, 0) is 0 Å². The highest BCUT2D eigenvalue weighted by Gasteiger charge is 2.18. The summed E-state index contributed by atoms with van der Waals surface area (Å²) in [7, 11) is 0. The molecule has 0 fully saturated rings. The van der Waals surface area contributed by atoms with Crippen LogP contribution in [0.5, 0.6) is 0 Å². The normalized spacial score (nSPS) is 12.1. The van der Waals surface area contributed by atoms with Crippen LogP contribution in [0, 0.1) is 5.82 Å². The molecule has 7 heteroatoms. The van der Waals surface area contributed by atoms with Crippen LogP contribution in [0.25, 0.3) is 0 Å². The zero-order valence-electron chi connectivity index (χ0n) is 11.8. The largest absolute Gasteiger partial charge is 0.360 e. The first kappa shape index (κ1) is 15.9. The van der Waals surface area contributed by atoms with E-state index in [1.54, 1.807) is 0 Å². The molecule has 2 rings (SSSR count). The Labute approximate surface area is 131 Å². The number of aromatic nitrogens is 2. The molecule has 0 aliphatic heterocycles. The van der Waals surface area contributed by atoms with E-state index in [9.17, 15) is 9.18 Å². The zero-order valence-corrected chi connectivity index (χ0v) is 13.4. The quantitative estimate of drug-likeness (QED) is 0.619. The minimum atomic E-state index is -0.345. The molecular weight excluding hydrogens is 309 g/mol. The van der Waals surface area contributed by atoms with Gasteiger partial charge < -0.3 is 5.32 Å². The van der Waals surface area contributed by atoms with Crippen LogP contribution in [0.2, 0.25) is 0 Å². The summed E-state index contributed by atoms with van der Waals surface area (Å²) >= 11 is 2.80. The summed E-state index contributed by atoms with van der Waals surface area (Å²) in [5.41, 5.74) is 0.505. The molecule has 1 aromatic carbocycles. The van der Waals surface area contributed by atoms with Gasteiger partial charge in [-0.15, -0.1) is 10.2 Å². The lowest BCUT2D eigenvalue weighted by Gasteiger charge is -2.07. The van der Waals surface area contributed by atoms with E-state index in [1.807, 2.05) is 6.92 Å². The van der Waals surface area contributed by atoms with Crippen LogP contribution < -0.4 is 5.32 Å². The van der Waals surface area contributed by atoms with Crippen molar-refractivity contribution in [2.24, 2.45) is 0 Å². The average molecular weight is 325 g/mol. The van der Waals surface area contributed by atoms with Crippen molar-refractivity contribution in [3.05, 3.63) is 35.6 Å². The molecule has 4 nitrogen and oxygen atoms in total. The van der Waals surface area contributed by atoms with E-state index in [1.165, 1.54) is 47.4 Å². The minimum Gasteiger partial charge on any atom is -0.360 e. The van der Waals surface area contributed by atoms with Crippen LogP contribution >= 0.6 is 23.1 Å². The summed E-state index contributed by atoms with van der Waals surface area (Å²) in [6, 6.07) is 5.59. The van der Waals surface area contributed by atoms with E-state index in [4.69, 9.17) is 0 Å². The number of carbonyl (C=O) groups is 1. The van der Waals surface area contributed by atoms with Gasteiger partial charge in [0.25, 0.3) is 0 Å². The van der Waals surface area contributed by atoms with Crippen molar-refractivity contribution < 1.29 is 9.18 Å². The van der Waals surface area contributed by atoms with Crippen molar-refractivity contribution in [2.45, 2.75) is 29.9 Å². The van der Waals surface area contributed by atoms with Crippen molar-refractivity contribution in [3.63, 3.8) is 0 Å². The molecule has 2 aromatic rings. The Hall–Kier alpha value is -1.47. The molecule has 1 atom stereocenters. The number of hydrogen-bond donors (Lipinski definition) is 1. The molecule has 0 radical (unpaired) electrons. The summed E-state index contributed by atoms with van der Waals surface area (Å²) in [4.78, 5) is 12.2. The van der Waals surface area contributed by atoms with Gasteiger partial charge in [-0.2, -0.15) is 0 Å². The molecule has 1 N–H and O–H groups in total. The first-order valence-corrected chi connectivity index (χ1v) is 8.33. The van der Waals surface area contributed by atoms with E-state index >= 15 is 0 Å². The zero-order chi connectivity index (χ0) is 15.2. The third-order valence-corrected chi connectivity index (χ3v) is 4.77. The van der Waals surface area contributed by atoms with Crippen LogP contribution in [0.3, 0.4) is 0 Å². The molecule has 1 heterocycles. The maximum absolute atomic E-state index is 12.9. The number of carbonyl (C=O) groups excluding carboxylic acids is 1. The highest BCUT2D eigenvalue weighted by atomic mass is 32.2. The molecular formula is C14H16FN3OS2. The van der Waals surface area contributed by atoms with E-state index in [0.717, 1.165) is 22.4 Å². The lowest BCUT2D eigenvalue weighted by atomic mass is 10.1. The van der Waals surface area contributed by atoms with Gasteiger partial charge in [0.05, 0.1) is 5.25 Å². The van der Waals surface area contributed by atoms with E-state index < -0.39 is 0 Å². The predicted octanol–water partition coefficient (Wildman–Crippen LogP) is 3.86. The average Bonchev–Trinajstić information content (AvgIpc) is 2.92. The van der Waals surface area contributed by atoms with Crippen molar-refractivity contribution in [3.8, 4) is 0 Å². The summed E-state index contributed by atoms with van der Waals surface area (Å²) in [6.07, 6.45) is 1.02. The molecule has 1 unspecified atom stereocenters. The number of Topliss-reactive ketones (excluding diaryl/α,β-unsaturated/α-hetero) is 1. The fraction of sp³-hybridized carbons (Fsp3) is 0.357. The van der Waals surface area contributed by atoms with Gasteiger partial charge in [0, 0.05) is 12.1 Å². The highest BCUT2D eigenvalue weighted by Crippen LogP contribution is 2.30. The molecule has 112 valence electrons. The maximum Gasteiger partial charge on any atom is 0.206 e. The first-order valence-electron chi connectivity index (χ1n) is 6.64. The number of halogens is 1. The summed E-state index contributed by atoms with van der Waals surface area (Å²) in [5.74, 6) is -0.388. The van der Waals surface area contributed by atoms with Crippen molar-refractivity contribution >= 4 is 34.0 Å². The standard InChI is InChI=1S/C14H16FN3OS2/c1-3-8-16-13-17-18-14(21-13)20-9(2)12(19)10-4-6-11(15)7-5-10/h4-7,9H,3,8H2,1-2H3,(H,16,17). The first-order chi connectivity index (χ1) is 10.1. The Balaban J connectivity index is 1.97. The smallest absolute Gasteiger partial charge is 0.206 e. The fourth-order valence-electron chi connectivity index (χ4n) is 1.61. The second kappa shape index (κ2) is 7.51. The Bertz CT molecular complexity index is 601. The third kappa shape index (κ3) is 4.50. The van der Waals surface area contributed by atoms with E-state index in [0.29, 0.717) is 5.56 Å². The number of nitrogens with zero attached hydrogens (tertiary/aromatic N) is 2. The number of ketones is 1. The molecule has 21 heavy (non-hydrogen) atoms. The molecule has 0 amide bonds. The minimum absolute atomic E-state index is 0.0433. The van der Waals surface area contributed by atoms with Crippen LogP contribution in [0.1, 0.15) is 30.6 Å². The Morgan fingerprint density at radius 1 is 1.38 bits per heavy atom. The fourth-order valence-corrected chi connectivity index (χ4v) is 3.61. The van der Waals surface area contributed by atoms with Crippen molar-refractivity contribution in [1.82, 2.24) is 10.2 Å². The Kier molecular flexibility index (Phi) is 5.69. The van der Waals surface area contributed by atoms with Gasteiger partial charge in [0.1, 0.15) is 5.82 Å². The second-order valence-corrected chi connectivity index (χ2v) is 7.00. The molecule has 0 aliphatic rings. The number of anilines is 1. The Morgan fingerprint density at radius 2 is 2.10 bits per heavy atom. The summed E-state index contributed by atoms with van der Waals surface area (Å²) in [5, 5.41) is 11.7. The number of benzene rings is 1. The van der Waals surface area contributed by atoms with Gasteiger partial charge in [-0.25, -0.2) is 4.39 Å². The maximum atomic E-state index is 12.9. The molecule has 0 saturated heterocycles. The van der Waals surface area contributed by atoms with Gasteiger partial charge in [-0.1, -0.05) is 30.0 Å². The SMILES string of the molecule is CCCNc1nnc(SC(C)C(=O)c2ccc(F)cc2)s1. The van der Waals surface area contributed by atoms with Gasteiger partial charge in [0.2, 0.25) is 5.13 Å². The van der Waals surface area contributed by atoms with Gasteiger partial charge in [-0.3, -0.25) is 4.79 Å². The second-order valence-electron chi connectivity index (χ2n) is 4.43. The summed E-state index contributed by atoms with van der Waals surface area (Å²) < 4.78 is 13.6. The molecule has 0 saturated carbocycles. The van der Waals surface area contributed by atoms with Crippen LogP contribution in [0.4, 0.5) is 9.52 Å². The molecule has 0 bridgehead atoms. The lowest BCUT2D eigenvalue weighted by Crippen LogP contribution is -2.13. The predicted molar refractivity (Wildman–Crippen MR) is 84.7 cm³/mol. The Morgan fingerprint density at radius 3 is 2.76 bits per heavy atom. The number of rotatable bonds is 7. The number of hydrogen-bond acceptors (Lipinski definition) is 6. The van der Waals surface area contributed by atoms with Crippen LogP contribution in [0.15, 0.2) is 28.6 Å². The molecule has 1 aromatic heterocycles. The molecule has 0 aliphatic carbocycles. The summed E-state index contributed by atoms with van der Waals surface area (Å²) in [6.45, 7) is 4.74. The van der Waals surface area contributed by atoms with E-state index in [2.05, 4.69) is 22.4 Å². The topological polar surface area (TPSA) is 54.9 Å². The van der Waals surface area contributed by atoms with E-state index in [-0.39, 0.29) is 16.9 Å².